The molecular weight excluding hydrogens is 168 g/mol. The summed E-state index contributed by atoms with van der Waals surface area (Å²) >= 11 is 2.02. The Morgan fingerprint density at radius 2 is 2.00 bits per heavy atom. The molecular formula is C9H22N2S. The Morgan fingerprint density at radius 3 is 2.50 bits per heavy atom. The minimum atomic E-state index is 0.367. The summed E-state index contributed by atoms with van der Waals surface area (Å²) in [7, 11) is 4.24. The summed E-state index contributed by atoms with van der Waals surface area (Å²) in [6.07, 6.45) is 2.43. The maximum absolute atomic E-state index is 5.63. The maximum atomic E-state index is 5.63. The second-order valence-electron chi connectivity index (χ2n) is 3.54. The van der Waals surface area contributed by atoms with Crippen LogP contribution in [0.1, 0.15) is 19.8 Å². The summed E-state index contributed by atoms with van der Waals surface area (Å²) in [5.74, 6) is 2.48. The van der Waals surface area contributed by atoms with Crippen LogP contribution < -0.4 is 5.73 Å². The van der Waals surface area contributed by atoms with Crippen LogP contribution in [0.2, 0.25) is 0 Å². The Morgan fingerprint density at radius 1 is 1.33 bits per heavy atom. The maximum Gasteiger partial charge on any atom is 0.00183 e. The van der Waals surface area contributed by atoms with Crippen LogP contribution >= 0.6 is 11.8 Å². The SMILES string of the molecule is CC(N)CCSCCCN(C)C. The fourth-order valence-electron chi connectivity index (χ4n) is 0.854. The van der Waals surface area contributed by atoms with Gasteiger partial charge in [-0.2, -0.15) is 11.8 Å². The molecule has 0 radical (unpaired) electrons. The van der Waals surface area contributed by atoms with E-state index in [9.17, 15) is 0 Å². The lowest BCUT2D eigenvalue weighted by Gasteiger charge is -2.08. The first-order valence-electron chi connectivity index (χ1n) is 4.61. The standard InChI is InChI=1S/C9H22N2S/c1-9(10)5-8-12-7-4-6-11(2)3/h9H,4-8,10H2,1-3H3. The molecule has 0 aliphatic rings. The quantitative estimate of drug-likeness (QED) is 0.616. The molecule has 0 spiro atoms. The highest BCUT2D eigenvalue weighted by atomic mass is 32.2. The highest BCUT2D eigenvalue weighted by molar-refractivity contribution is 7.99. The lowest BCUT2D eigenvalue weighted by Crippen LogP contribution is -2.16. The van der Waals surface area contributed by atoms with Gasteiger partial charge in [0.2, 0.25) is 0 Å². The van der Waals surface area contributed by atoms with Gasteiger partial charge in [0.05, 0.1) is 0 Å². The molecule has 1 atom stereocenters. The van der Waals surface area contributed by atoms with Crippen molar-refractivity contribution < 1.29 is 0 Å². The van der Waals surface area contributed by atoms with Gasteiger partial charge in [-0.05, 0) is 51.9 Å². The number of hydrogen-bond donors (Lipinski definition) is 1. The summed E-state index contributed by atoms with van der Waals surface area (Å²) in [5.41, 5.74) is 5.63. The van der Waals surface area contributed by atoms with Gasteiger partial charge >= 0.3 is 0 Å². The average molecular weight is 190 g/mol. The fourth-order valence-corrected chi connectivity index (χ4v) is 1.93. The summed E-state index contributed by atoms with van der Waals surface area (Å²) in [5, 5.41) is 0. The first-order chi connectivity index (χ1) is 5.63. The van der Waals surface area contributed by atoms with E-state index in [0.29, 0.717) is 6.04 Å². The molecule has 0 heterocycles. The van der Waals surface area contributed by atoms with E-state index in [-0.39, 0.29) is 0 Å². The minimum absolute atomic E-state index is 0.367. The summed E-state index contributed by atoms with van der Waals surface area (Å²) in [6, 6.07) is 0.367. The van der Waals surface area contributed by atoms with Gasteiger partial charge in [0.1, 0.15) is 0 Å². The van der Waals surface area contributed by atoms with E-state index in [2.05, 4.69) is 25.9 Å². The molecule has 1 unspecified atom stereocenters. The van der Waals surface area contributed by atoms with Crippen LogP contribution in [0.25, 0.3) is 0 Å². The number of nitrogens with two attached hydrogens (primary N) is 1. The van der Waals surface area contributed by atoms with Crippen molar-refractivity contribution in [1.82, 2.24) is 4.90 Å². The Bertz CT molecular complexity index is 82.5. The van der Waals surface area contributed by atoms with Gasteiger partial charge in [-0.25, -0.2) is 0 Å². The third-order valence-corrected chi connectivity index (χ3v) is 2.71. The first-order valence-corrected chi connectivity index (χ1v) is 5.76. The molecule has 0 aliphatic carbocycles. The number of hydrogen-bond acceptors (Lipinski definition) is 3. The van der Waals surface area contributed by atoms with Gasteiger partial charge in [-0.3, -0.25) is 0 Å². The zero-order valence-corrected chi connectivity index (χ0v) is 9.36. The molecule has 0 aromatic carbocycles. The molecule has 12 heavy (non-hydrogen) atoms. The van der Waals surface area contributed by atoms with Crippen molar-refractivity contribution in [2.24, 2.45) is 5.73 Å². The van der Waals surface area contributed by atoms with Crippen molar-refractivity contribution in [3.63, 3.8) is 0 Å². The monoisotopic (exact) mass is 190 g/mol. The molecule has 0 saturated carbocycles. The molecule has 0 aliphatic heterocycles. The number of nitrogens with zero attached hydrogens (tertiary/aromatic N) is 1. The molecule has 2 N–H and O–H groups in total. The third kappa shape index (κ3) is 10.3. The Labute approximate surface area is 80.9 Å². The highest BCUT2D eigenvalue weighted by Crippen LogP contribution is 2.05. The molecule has 3 heteroatoms. The van der Waals surface area contributed by atoms with E-state index in [1.165, 1.54) is 24.5 Å². The van der Waals surface area contributed by atoms with Crippen LogP contribution in [0.15, 0.2) is 0 Å². The van der Waals surface area contributed by atoms with E-state index in [0.717, 1.165) is 6.42 Å². The van der Waals surface area contributed by atoms with Crippen LogP contribution in [-0.2, 0) is 0 Å². The van der Waals surface area contributed by atoms with E-state index in [4.69, 9.17) is 5.73 Å². The Balaban J connectivity index is 2.91. The van der Waals surface area contributed by atoms with Gasteiger partial charge in [0.25, 0.3) is 0 Å². The normalized spacial score (nSPS) is 13.8. The largest absolute Gasteiger partial charge is 0.328 e. The van der Waals surface area contributed by atoms with E-state index < -0.39 is 0 Å². The second-order valence-corrected chi connectivity index (χ2v) is 4.76. The number of rotatable bonds is 7. The van der Waals surface area contributed by atoms with E-state index in [1.807, 2.05) is 11.8 Å². The minimum Gasteiger partial charge on any atom is -0.328 e. The van der Waals surface area contributed by atoms with E-state index >= 15 is 0 Å². The summed E-state index contributed by atoms with van der Waals surface area (Å²) in [4.78, 5) is 2.23. The topological polar surface area (TPSA) is 29.3 Å². The summed E-state index contributed by atoms with van der Waals surface area (Å²) < 4.78 is 0. The average Bonchev–Trinajstić information content (AvgIpc) is 1.95. The van der Waals surface area contributed by atoms with Crippen LogP contribution in [0, 0.1) is 0 Å². The van der Waals surface area contributed by atoms with Crippen LogP contribution in [0.3, 0.4) is 0 Å². The molecule has 74 valence electrons. The lowest BCUT2D eigenvalue weighted by molar-refractivity contribution is 0.410. The zero-order chi connectivity index (χ0) is 9.40. The Kier molecular flexibility index (Phi) is 8.07. The van der Waals surface area contributed by atoms with Crippen molar-refractivity contribution in [2.45, 2.75) is 25.8 Å². The predicted octanol–water partition coefficient (Wildman–Crippen LogP) is 1.41. The molecule has 0 rings (SSSR count). The third-order valence-electron chi connectivity index (χ3n) is 1.61. The van der Waals surface area contributed by atoms with Gasteiger partial charge < -0.3 is 10.6 Å². The van der Waals surface area contributed by atoms with Crippen LogP contribution in [-0.4, -0.2) is 43.1 Å². The number of thioether (sulfide) groups is 1. The van der Waals surface area contributed by atoms with Gasteiger partial charge in [0, 0.05) is 6.04 Å². The first kappa shape index (κ1) is 12.3. The molecule has 0 fully saturated rings. The predicted molar refractivity (Wildman–Crippen MR) is 58.8 cm³/mol. The van der Waals surface area contributed by atoms with Crippen molar-refractivity contribution in [1.29, 1.82) is 0 Å². The molecule has 0 amide bonds. The van der Waals surface area contributed by atoms with Crippen molar-refractivity contribution in [3.05, 3.63) is 0 Å². The van der Waals surface area contributed by atoms with Gasteiger partial charge in [-0.15, -0.1) is 0 Å². The second kappa shape index (κ2) is 7.90. The summed E-state index contributed by atoms with van der Waals surface area (Å²) in [6.45, 7) is 3.27. The fraction of sp³-hybridized carbons (Fsp3) is 1.00. The van der Waals surface area contributed by atoms with Crippen LogP contribution in [0.5, 0.6) is 0 Å². The van der Waals surface area contributed by atoms with Gasteiger partial charge in [0.15, 0.2) is 0 Å². The molecule has 2 nitrogen and oxygen atoms in total. The van der Waals surface area contributed by atoms with Crippen LogP contribution in [0.4, 0.5) is 0 Å². The van der Waals surface area contributed by atoms with E-state index in [1.54, 1.807) is 0 Å². The lowest BCUT2D eigenvalue weighted by atomic mass is 10.3. The van der Waals surface area contributed by atoms with Gasteiger partial charge in [-0.1, -0.05) is 0 Å². The molecule has 0 saturated heterocycles. The highest BCUT2D eigenvalue weighted by Gasteiger charge is 1.95. The van der Waals surface area contributed by atoms with Crippen molar-refractivity contribution >= 4 is 11.8 Å². The van der Waals surface area contributed by atoms with Crippen molar-refractivity contribution in [2.75, 3.05) is 32.1 Å². The smallest absolute Gasteiger partial charge is 0.00183 e. The molecule has 0 aromatic rings. The zero-order valence-electron chi connectivity index (χ0n) is 8.55. The molecule has 0 bridgehead atoms. The Hall–Kier alpha value is 0.270. The van der Waals surface area contributed by atoms with Crippen molar-refractivity contribution in [3.8, 4) is 0 Å². The molecule has 0 aromatic heterocycles.